The summed E-state index contributed by atoms with van der Waals surface area (Å²) >= 11 is 0. The minimum Gasteiger partial charge on any atom is -0.756 e. The van der Waals surface area contributed by atoms with E-state index >= 15 is 0 Å². The molecule has 0 bridgehead atoms. The van der Waals surface area contributed by atoms with Crippen molar-refractivity contribution in [2.45, 2.75) is 31.8 Å². The first-order chi connectivity index (χ1) is 13.1. The summed E-state index contributed by atoms with van der Waals surface area (Å²) in [6.07, 6.45) is -2.90. The summed E-state index contributed by atoms with van der Waals surface area (Å²) < 4.78 is 50.0. The molecule has 182 valence electrons. The predicted octanol–water partition coefficient (Wildman–Crippen LogP) is -13.7. The number of aliphatic hydroxyl groups is 1. The molecular weight excluding hydrogens is 566 g/mol. The molecule has 34 heavy (non-hydrogen) atoms. The van der Waals surface area contributed by atoms with Gasteiger partial charge in [-0.25, -0.2) is 13.4 Å². The van der Waals surface area contributed by atoms with Gasteiger partial charge in [0.15, 0.2) is 0 Å². The third-order valence-electron chi connectivity index (χ3n) is 3.46. The molecule has 1 aromatic rings. The van der Waals surface area contributed by atoms with E-state index < -0.39 is 59.8 Å². The summed E-state index contributed by atoms with van der Waals surface area (Å²) in [5.41, 5.74) is -1.33. The SMILES string of the molecule is Cc1cn(C2CC(O)C(COP(=O)([O-])OP(=O)([O-])OP(=O)([O-])O)O2)c(=O)[nH]c1=O.O.O.[Na+].[Na+].[Na+]. The van der Waals surface area contributed by atoms with Crippen molar-refractivity contribution < 1.29 is 156 Å². The number of nitrogens with one attached hydrogen (secondary N) is 1. The van der Waals surface area contributed by atoms with Crippen LogP contribution in [0.5, 0.6) is 0 Å². The summed E-state index contributed by atoms with van der Waals surface area (Å²) in [4.78, 5) is 66.5. The van der Waals surface area contributed by atoms with E-state index in [0.29, 0.717) is 0 Å². The minimum absolute atomic E-state index is 0. The minimum atomic E-state index is -6.05. The first-order valence-corrected chi connectivity index (χ1v) is 11.9. The Labute approximate surface area is 257 Å². The number of nitrogens with zero attached hydrogens (tertiary/aromatic N) is 1. The number of ether oxygens (including phenoxy) is 1. The molecule has 6 atom stereocenters. The van der Waals surface area contributed by atoms with Gasteiger partial charge >= 0.3 is 94.4 Å². The average molecular weight is 584 g/mol. The van der Waals surface area contributed by atoms with E-state index in [2.05, 4.69) is 13.1 Å². The van der Waals surface area contributed by atoms with E-state index in [4.69, 9.17) is 9.63 Å². The maximum atomic E-state index is 11.8. The molecule has 1 aliphatic rings. The van der Waals surface area contributed by atoms with E-state index in [0.717, 1.165) is 10.8 Å². The Morgan fingerprint density at radius 1 is 1.12 bits per heavy atom. The van der Waals surface area contributed by atoms with Gasteiger partial charge in [-0.3, -0.25) is 28.0 Å². The summed E-state index contributed by atoms with van der Waals surface area (Å²) in [5, 5.41) is 9.94. The maximum absolute atomic E-state index is 11.8. The summed E-state index contributed by atoms with van der Waals surface area (Å²) in [5.74, 6) is 0. The molecule has 1 aliphatic heterocycles. The topological polar surface area (TPSA) is 316 Å². The third kappa shape index (κ3) is 13.6. The summed E-state index contributed by atoms with van der Waals surface area (Å²) in [6.45, 7) is 0.423. The smallest absolute Gasteiger partial charge is 0.756 e. The second kappa shape index (κ2) is 16.8. The van der Waals surface area contributed by atoms with Gasteiger partial charge in [0.25, 0.3) is 29.0 Å². The van der Waals surface area contributed by atoms with E-state index in [1.807, 2.05) is 4.98 Å². The molecule has 6 unspecified atom stereocenters. The molecule has 0 saturated carbocycles. The molecule has 0 amide bonds. The molecule has 0 aliphatic carbocycles. The number of hydrogen-bond donors (Lipinski definition) is 3. The van der Waals surface area contributed by atoms with Gasteiger partial charge in [0.2, 0.25) is 0 Å². The zero-order valence-electron chi connectivity index (χ0n) is 18.3. The molecule has 2 heterocycles. The average Bonchev–Trinajstić information content (AvgIpc) is 2.86. The molecule has 7 N–H and O–H groups in total. The van der Waals surface area contributed by atoms with Crippen LogP contribution in [0.3, 0.4) is 0 Å². The van der Waals surface area contributed by atoms with Gasteiger partial charge in [0.1, 0.15) is 12.3 Å². The fraction of sp³-hybridized carbons (Fsp3) is 0.600. The van der Waals surface area contributed by atoms with Crippen LogP contribution in [0.25, 0.3) is 0 Å². The van der Waals surface area contributed by atoms with Crippen LogP contribution in [0.15, 0.2) is 15.8 Å². The fourth-order valence-corrected chi connectivity index (χ4v) is 5.18. The molecule has 1 saturated heterocycles. The summed E-state index contributed by atoms with van der Waals surface area (Å²) in [7, 11) is -17.6. The number of hydrogen-bond acceptors (Lipinski definition) is 13. The Balaban J connectivity index is -0.000000900. The Hall–Kier alpha value is 1.93. The molecule has 1 fully saturated rings. The van der Waals surface area contributed by atoms with Gasteiger partial charge in [-0.2, -0.15) is 0 Å². The molecular formula is C10H18N2Na3O16P3. The zero-order chi connectivity index (χ0) is 22.2. The number of phosphoric acid groups is 3. The first-order valence-electron chi connectivity index (χ1n) is 7.47. The van der Waals surface area contributed by atoms with Crippen molar-refractivity contribution in [1.29, 1.82) is 0 Å². The maximum Gasteiger partial charge on any atom is 1.00 e. The number of aryl methyl sites for hydroxylation is 1. The predicted molar refractivity (Wildman–Crippen MR) is 91.0 cm³/mol. The van der Waals surface area contributed by atoms with Crippen LogP contribution in [0, 0.1) is 6.92 Å². The number of aromatic amines is 1. The van der Waals surface area contributed by atoms with Crippen LogP contribution in [-0.4, -0.2) is 49.3 Å². The van der Waals surface area contributed by atoms with Gasteiger partial charge in [-0.1, -0.05) is 0 Å². The zero-order valence-corrected chi connectivity index (χ0v) is 27.0. The van der Waals surface area contributed by atoms with E-state index in [-0.39, 0.29) is 112 Å². The van der Waals surface area contributed by atoms with Crippen LogP contribution < -0.4 is 115 Å². The Morgan fingerprint density at radius 3 is 2.15 bits per heavy atom. The molecule has 18 nitrogen and oxygen atoms in total. The van der Waals surface area contributed by atoms with Crippen LogP contribution in [0.2, 0.25) is 0 Å². The Kier molecular flexibility index (Phi) is 21.2. The standard InChI is InChI=1S/C10H17N2O14P3.3Na.2H2O/c1-5-3-12(10(15)11-9(5)14)8-2-6(13)7(24-8)4-23-28(19,20)26-29(21,22)25-27(16,17)18;;;;;/h3,6-8,13H,2,4H2,1H3,(H,19,20)(H,21,22)(H,11,14,15)(H2,16,17,18);;;;2*1H2/q;3*+1;;/p-3. The van der Waals surface area contributed by atoms with Crippen molar-refractivity contribution in [2.24, 2.45) is 0 Å². The van der Waals surface area contributed by atoms with Crippen LogP contribution in [0.1, 0.15) is 18.2 Å². The molecule has 24 heteroatoms. The normalized spacial score (nSPS) is 24.2. The van der Waals surface area contributed by atoms with Crippen molar-refractivity contribution in [1.82, 2.24) is 9.55 Å². The second-order valence-corrected chi connectivity index (χ2v) is 10.0. The van der Waals surface area contributed by atoms with Gasteiger partial charge in [-0.15, -0.1) is 0 Å². The van der Waals surface area contributed by atoms with Gasteiger partial charge < -0.3 is 44.9 Å². The van der Waals surface area contributed by atoms with Crippen molar-refractivity contribution in [3.8, 4) is 0 Å². The van der Waals surface area contributed by atoms with Gasteiger partial charge in [-0.05, 0) is 6.92 Å². The van der Waals surface area contributed by atoms with Crippen molar-refractivity contribution in [3.05, 3.63) is 32.6 Å². The number of aliphatic hydroxyl groups excluding tert-OH is 1. The van der Waals surface area contributed by atoms with Crippen molar-refractivity contribution in [3.63, 3.8) is 0 Å². The monoisotopic (exact) mass is 584 g/mol. The van der Waals surface area contributed by atoms with Crippen molar-refractivity contribution >= 4 is 23.5 Å². The largest absolute Gasteiger partial charge is 1.00 e. The summed E-state index contributed by atoms with van der Waals surface area (Å²) in [6, 6.07) is 0. The number of phosphoric ester groups is 1. The molecule has 2 rings (SSSR count). The van der Waals surface area contributed by atoms with Crippen LogP contribution in [-0.2, 0) is 31.6 Å². The molecule has 1 aromatic heterocycles. The van der Waals surface area contributed by atoms with Crippen molar-refractivity contribution in [2.75, 3.05) is 6.61 Å². The fourth-order valence-electron chi connectivity index (χ4n) is 2.29. The van der Waals surface area contributed by atoms with Crippen LogP contribution in [0.4, 0.5) is 0 Å². The number of aromatic nitrogens is 2. The van der Waals surface area contributed by atoms with Gasteiger partial charge in [0, 0.05) is 18.2 Å². The second-order valence-electron chi connectivity index (χ2n) is 5.73. The van der Waals surface area contributed by atoms with Gasteiger partial charge in [0.05, 0.1) is 12.7 Å². The Bertz CT molecular complexity index is 1030. The van der Waals surface area contributed by atoms with E-state index in [9.17, 15) is 43.1 Å². The molecule has 0 aromatic carbocycles. The quantitative estimate of drug-likeness (QED) is 0.189. The number of rotatable bonds is 8. The first kappa shape index (κ1) is 43.0. The molecule has 0 radical (unpaired) electrons. The third-order valence-corrected chi connectivity index (χ3v) is 7.15. The number of H-pyrrole nitrogens is 1. The van der Waals surface area contributed by atoms with Crippen LogP contribution >= 0.6 is 23.5 Å². The van der Waals surface area contributed by atoms with E-state index in [1.165, 1.54) is 6.92 Å². The Morgan fingerprint density at radius 2 is 1.65 bits per heavy atom. The molecule has 0 spiro atoms. The van der Waals surface area contributed by atoms with E-state index in [1.54, 1.807) is 0 Å².